The zero-order valence-electron chi connectivity index (χ0n) is 9.24. The zero-order chi connectivity index (χ0) is 11.7. The number of unbranched alkanes of at least 4 members (excludes halogenated alkanes) is 2. The second-order valence-electron chi connectivity index (χ2n) is 3.82. The maximum Gasteiger partial charge on any atom is 0.306 e. The highest BCUT2D eigenvalue weighted by molar-refractivity contribution is 5.70. The molecule has 0 amide bonds. The van der Waals surface area contributed by atoms with Crippen LogP contribution in [0.15, 0.2) is 0 Å². The van der Waals surface area contributed by atoms with Crippen molar-refractivity contribution in [2.45, 2.75) is 51.9 Å². The van der Waals surface area contributed by atoms with E-state index < -0.39 is 11.9 Å². The van der Waals surface area contributed by atoms with E-state index in [1.165, 1.54) is 0 Å². The quantitative estimate of drug-likeness (QED) is 0.581. The number of carboxylic acid groups (broad SMARTS) is 2. The van der Waals surface area contributed by atoms with Crippen LogP contribution in [-0.2, 0) is 9.59 Å². The smallest absolute Gasteiger partial charge is 0.306 e. The van der Waals surface area contributed by atoms with E-state index in [1.807, 2.05) is 0 Å². The average Bonchev–Trinajstić information content (AvgIpc) is 2.15. The van der Waals surface area contributed by atoms with Crippen LogP contribution in [0.4, 0.5) is 0 Å². The summed E-state index contributed by atoms with van der Waals surface area (Å²) in [5, 5.41) is 17.3. The fourth-order valence-electron chi connectivity index (χ4n) is 1.53. The van der Waals surface area contributed by atoms with Crippen molar-refractivity contribution in [3.05, 3.63) is 0 Å². The minimum Gasteiger partial charge on any atom is -0.481 e. The van der Waals surface area contributed by atoms with Crippen LogP contribution in [0.5, 0.6) is 0 Å². The van der Waals surface area contributed by atoms with Crippen molar-refractivity contribution in [1.29, 1.82) is 0 Å². The summed E-state index contributed by atoms with van der Waals surface area (Å²) in [5.41, 5.74) is 0. The Morgan fingerprint density at radius 3 is 2.13 bits per heavy atom. The largest absolute Gasteiger partial charge is 0.481 e. The Kier molecular flexibility index (Phi) is 7.68. The summed E-state index contributed by atoms with van der Waals surface area (Å²) in [6.07, 6.45) is 4.70. The van der Waals surface area contributed by atoms with Gasteiger partial charge in [-0.3, -0.25) is 9.59 Å². The van der Waals surface area contributed by atoms with E-state index in [1.54, 1.807) is 0 Å². The van der Waals surface area contributed by atoms with E-state index in [0.717, 1.165) is 19.3 Å². The summed E-state index contributed by atoms with van der Waals surface area (Å²) in [7, 11) is 0. The van der Waals surface area contributed by atoms with Gasteiger partial charge in [-0.1, -0.05) is 26.2 Å². The van der Waals surface area contributed by atoms with Crippen molar-refractivity contribution in [2.24, 2.45) is 5.92 Å². The maximum absolute atomic E-state index is 10.8. The van der Waals surface area contributed by atoms with Gasteiger partial charge in [0, 0.05) is 6.42 Å². The molecule has 4 nitrogen and oxygen atoms in total. The Labute approximate surface area is 90.3 Å². The normalized spacial score (nSPS) is 12.3. The molecule has 88 valence electrons. The van der Waals surface area contributed by atoms with Crippen molar-refractivity contribution in [3.63, 3.8) is 0 Å². The van der Waals surface area contributed by atoms with Crippen molar-refractivity contribution < 1.29 is 19.8 Å². The van der Waals surface area contributed by atoms with E-state index in [0.29, 0.717) is 19.3 Å². The topological polar surface area (TPSA) is 74.6 Å². The van der Waals surface area contributed by atoms with Crippen LogP contribution in [-0.4, -0.2) is 22.2 Å². The van der Waals surface area contributed by atoms with Crippen LogP contribution in [0.2, 0.25) is 0 Å². The van der Waals surface area contributed by atoms with Crippen molar-refractivity contribution >= 4 is 11.9 Å². The molecule has 0 saturated carbocycles. The first-order valence-corrected chi connectivity index (χ1v) is 5.52. The molecule has 0 aliphatic carbocycles. The van der Waals surface area contributed by atoms with Gasteiger partial charge < -0.3 is 10.2 Å². The van der Waals surface area contributed by atoms with Crippen molar-refractivity contribution in [1.82, 2.24) is 0 Å². The molecular formula is C11H20O4. The molecule has 0 fully saturated rings. The number of hydrogen-bond donors (Lipinski definition) is 2. The lowest BCUT2D eigenvalue weighted by Gasteiger charge is -2.10. The van der Waals surface area contributed by atoms with E-state index in [2.05, 4.69) is 6.92 Å². The van der Waals surface area contributed by atoms with Gasteiger partial charge in [-0.05, 0) is 19.3 Å². The summed E-state index contributed by atoms with van der Waals surface area (Å²) >= 11 is 0. The first kappa shape index (κ1) is 13.9. The minimum absolute atomic E-state index is 0.0670. The van der Waals surface area contributed by atoms with Crippen LogP contribution < -0.4 is 0 Å². The molecule has 15 heavy (non-hydrogen) atoms. The molecule has 0 aliphatic rings. The van der Waals surface area contributed by atoms with Gasteiger partial charge in [0.15, 0.2) is 0 Å². The molecule has 0 aromatic rings. The SMILES string of the molecule is CCCCCC(CCCC(=O)O)C(=O)O. The fraction of sp³-hybridized carbons (Fsp3) is 0.818. The molecule has 2 N–H and O–H groups in total. The van der Waals surface area contributed by atoms with E-state index in [-0.39, 0.29) is 12.3 Å². The third kappa shape index (κ3) is 7.97. The molecule has 0 bridgehead atoms. The highest BCUT2D eigenvalue weighted by Gasteiger charge is 2.16. The number of hydrogen-bond acceptors (Lipinski definition) is 2. The third-order valence-corrected chi connectivity index (χ3v) is 2.45. The van der Waals surface area contributed by atoms with Gasteiger partial charge >= 0.3 is 11.9 Å². The molecule has 0 heterocycles. The molecule has 0 aromatic heterocycles. The Balaban J connectivity index is 3.73. The Morgan fingerprint density at radius 2 is 1.67 bits per heavy atom. The lowest BCUT2D eigenvalue weighted by molar-refractivity contribution is -0.143. The van der Waals surface area contributed by atoms with E-state index >= 15 is 0 Å². The van der Waals surface area contributed by atoms with Gasteiger partial charge in [-0.25, -0.2) is 0 Å². The molecule has 0 aromatic carbocycles. The molecule has 1 atom stereocenters. The number of carbonyl (C=O) groups is 2. The summed E-state index contributed by atoms with van der Waals surface area (Å²) in [5.74, 6) is -2.01. The number of aliphatic carboxylic acids is 2. The summed E-state index contributed by atoms with van der Waals surface area (Å²) in [6.45, 7) is 2.07. The highest BCUT2D eigenvalue weighted by atomic mass is 16.4. The second-order valence-corrected chi connectivity index (χ2v) is 3.82. The molecule has 0 radical (unpaired) electrons. The molecule has 0 spiro atoms. The Bertz CT molecular complexity index is 201. The van der Waals surface area contributed by atoms with E-state index in [9.17, 15) is 9.59 Å². The van der Waals surface area contributed by atoms with Crippen molar-refractivity contribution in [2.75, 3.05) is 0 Å². The van der Waals surface area contributed by atoms with Crippen LogP contribution in [0.1, 0.15) is 51.9 Å². The molecule has 4 heteroatoms. The van der Waals surface area contributed by atoms with Gasteiger partial charge in [-0.15, -0.1) is 0 Å². The average molecular weight is 216 g/mol. The van der Waals surface area contributed by atoms with Crippen LogP contribution in [0.25, 0.3) is 0 Å². The van der Waals surface area contributed by atoms with Crippen LogP contribution in [0.3, 0.4) is 0 Å². The Hall–Kier alpha value is -1.06. The maximum atomic E-state index is 10.8. The molecule has 1 unspecified atom stereocenters. The Morgan fingerprint density at radius 1 is 1.07 bits per heavy atom. The number of rotatable bonds is 9. The van der Waals surface area contributed by atoms with Crippen molar-refractivity contribution in [3.8, 4) is 0 Å². The fourth-order valence-corrected chi connectivity index (χ4v) is 1.53. The molecular weight excluding hydrogens is 196 g/mol. The predicted octanol–water partition coefficient (Wildman–Crippen LogP) is 2.52. The van der Waals surface area contributed by atoms with Gasteiger partial charge in [-0.2, -0.15) is 0 Å². The lowest BCUT2D eigenvalue weighted by Crippen LogP contribution is -2.14. The second kappa shape index (κ2) is 8.26. The highest BCUT2D eigenvalue weighted by Crippen LogP contribution is 2.17. The lowest BCUT2D eigenvalue weighted by atomic mass is 9.95. The van der Waals surface area contributed by atoms with Crippen LogP contribution >= 0.6 is 0 Å². The summed E-state index contributed by atoms with van der Waals surface area (Å²) in [4.78, 5) is 21.1. The molecule has 0 saturated heterocycles. The number of carboxylic acids is 2. The van der Waals surface area contributed by atoms with Gasteiger partial charge in [0.1, 0.15) is 0 Å². The summed E-state index contributed by atoms with van der Waals surface area (Å²) in [6, 6.07) is 0. The zero-order valence-corrected chi connectivity index (χ0v) is 9.24. The summed E-state index contributed by atoms with van der Waals surface area (Å²) < 4.78 is 0. The van der Waals surface area contributed by atoms with Gasteiger partial charge in [0.05, 0.1) is 5.92 Å². The van der Waals surface area contributed by atoms with E-state index in [4.69, 9.17) is 10.2 Å². The van der Waals surface area contributed by atoms with Gasteiger partial charge in [0.2, 0.25) is 0 Å². The standard InChI is InChI=1S/C11H20O4/c1-2-3-4-6-9(11(14)15)7-5-8-10(12)13/h9H,2-8H2,1H3,(H,12,13)(H,14,15). The minimum atomic E-state index is -0.854. The first-order chi connectivity index (χ1) is 7.07. The molecule has 0 rings (SSSR count). The molecule has 0 aliphatic heterocycles. The van der Waals surface area contributed by atoms with Gasteiger partial charge in [0.25, 0.3) is 0 Å². The van der Waals surface area contributed by atoms with Crippen LogP contribution in [0, 0.1) is 5.92 Å². The third-order valence-electron chi connectivity index (χ3n) is 2.45. The predicted molar refractivity (Wildman–Crippen MR) is 56.8 cm³/mol. The first-order valence-electron chi connectivity index (χ1n) is 5.52. The monoisotopic (exact) mass is 216 g/mol.